The molecule has 0 aliphatic carbocycles. The largest absolute Gasteiger partial charge is 0.488 e. The molecule has 230 valence electrons. The standard InChI is InChI=1S/C37H44N2O4Si/c1-36(2,3)30-20-22-31(23-21-30)38-34(40)29(25-42-33-15-11-13-27-12-9-10-14-32(27)33)24-26-16-18-28(19-17-26)35(41)39-43-44(7,8)37(4,5)6/h9-24H,25H2,1-8H3,(H,38,40)(H,39,41). The zero-order chi connectivity index (χ0) is 32.1. The molecule has 0 heterocycles. The molecule has 0 bridgehead atoms. The number of hydrogen-bond acceptors (Lipinski definition) is 4. The monoisotopic (exact) mass is 608 g/mol. The molecule has 0 atom stereocenters. The van der Waals surface area contributed by atoms with Crippen molar-refractivity contribution in [3.05, 3.63) is 113 Å². The van der Waals surface area contributed by atoms with Crippen molar-refractivity contribution in [2.24, 2.45) is 0 Å². The molecule has 4 rings (SSSR count). The van der Waals surface area contributed by atoms with E-state index in [1.54, 1.807) is 18.2 Å². The average Bonchev–Trinajstić information content (AvgIpc) is 2.97. The Balaban J connectivity index is 1.55. The fraction of sp³-hybridized carbons (Fsp3) is 0.297. The first-order valence-electron chi connectivity index (χ1n) is 15.0. The highest BCUT2D eigenvalue weighted by molar-refractivity contribution is 6.74. The van der Waals surface area contributed by atoms with Gasteiger partial charge in [-0.1, -0.05) is 102 Å². The first-order valence-corrected chi connectivity index (χ1v) is 17.9. The number of ether oxygens (including phenoxy) is 1. The summed E-state index contributed by atoms with van der Waals surface area (Å²) in [6, 6.07) is 28.8. The maximum atomic E-state index is 13.6. The molecular formula is C37H44N2O4Si. The Morgan fingerprint density at radius 1 is 0.795 bits per heavy atom. The summed E-state index contributed by atoms with van der Waals surface area (Å²) in [5, 5.41) is 5.03. The van der Waals surface area contributed by atoms with E-state index < -0.39 is 8.32 Å². The van der Waals surface area contributed by atoms with Crippen LogP contribution < -0.4 is 15.5 Å². The van der Waals surface area contributed by atoms with Crippen molar-refractivity contribution in [1.82, 2.24) is 5.48 Å². The molecular weight excluding hydrogens is 565 g/mol. The molecule has 2 amide bonds. The molecule has 0 radical (unpaired) electrons. The fourth-order valence-corrected chi connectivity index (χ4v) is 4.89. The lowest BCUT2D eigenvalue weighted by Gasteiger charge is -2.35. The van der Waals surface area contributed by atoms with Crippen molar-refractivity contribution in [2.75, 3.05) is 11.9 Å². The molecule has 0 saturated heterocycles. The molecule has 7 heteroatoms. The van der Waals surface area contributed by atoms with Gasteiger partial charge in [0.15, 0.2) is 0 Å². The molecule has 0 fully saturated rings. The lowest BCUT2D eigenvalue weighted by atomic mass is 9.87. The second-order valence-corrected chi connectivity index (χ2v) is 18.4. The van der Waals surface area contributed by atoms with Gasteiger partial charge in [-0.05, 0) is 76.5 Å². The number of rotatable bonds is 9. The third kappa shape index (κ3) is 8.24. The average molecular weight is 609 g/mol. The van der Waals surface area contributed by atoms with Gasteiger partial charge in [-0.15, -0.1) is 0 Å². The minimum Gasteiger partial charge on any atom is -0.488 e. The molecule has 44 heavy (non-hydrogen) atoms. The second kappa shape index (κ2) is 13.2. The molecule has 6 nitrogen and oxygen atoms in total. The Hall–Kier alpha value is -4.20. The van der Waals surface area contributed by atoms with E-state index in [1.165, 1.54) is 5.56 Å². The van der Waals surface area contributed by atoms with Crippen LogP contribution in [-0.4, -0.2) is 26.7 Å². The van der Waals surface area contributed by atoms with Crippen LogP contribution in [0.2, 0.25) is 18.1 Å². The zero-order valence-electron chi connectivity index (χ0n) is 27.1. The first-order chi connectivity index (χ1) is 20.6. The predicted molar refractivity (Wildman–Crippen MR) is 183 cm³/mol. The van der Waals surface area contributed by atoms with Crippen LogP contribution in [0, 0.1) is 0 Å². The maximum Gasteiger partial charge on any atom is 0.273 e. The number of carbonyl (C=O) groups is 2. The van der Waals surface area contributed by atoms with E-state index in [2.05, 4.69) is 65.4 Å². The number of benzene rings is 4. The lowest BCUT2D eigenvalue weighted by molar-refractivity contribution is -0.113. The van der Waals surface area contributed by atoms with Crippen LogP contribution in [-0.2, 0) is 14.7 Å². The smallest absolute Gasteiger partial charge is 0.273 e. The highest BCUT2D eigenvalue weighted by Gasteiger charge is 2.38. The number of hydroxylamine groups is 1. The Kier molecular flexibility index (Phi) is 9.81. The van der Waals surface area contributed by atoms with Crippen LogP contribution in [0.4, 0.5) is 5.69 Å². The minimum absolute atomic E-state index is 0.0137. The van der Waals surface area contributed by atoms with Gasteiger partial charge >= 0.3 is 0 Å². The normalized spacial score (nSPS) is 12.6. The fourth-order valence-electron chi connectivity index (χ4n) is 4.23. The summed E-state index contributed by atoms with van der Waals surface area (Å²) < 4.78 is 12.1. The summed E-state index contributed by atoms with van der Waals surface area (Å²) in [5.41, 5.74) is 6.22. The number of carbonyl (C=O) groups excluding carboxylic acids is 2. The third-order valence-electron chi connectivity index (χ3n) is 8.15. The van der Waals surface area contributed by atoms with Gasteiger partial charge in [0.05, 0.1) is 5.57 Å². The van der Waals surface area contributed by atoms with Crippen molar-refractivity contribution < 1.29 is 18.9 Å². The van der Waals surface area contributed by atoms with E-state index in [4.69, 9.17) is 9.26 Å². The lowest BCUT2D eigenvalue weighted by Crippen LogP contribution is -2.46. The van der Waals surface area contributed by atoms with Crippen LogP contribution in [0.3, 0.4) is 0 Å². The Bertz CT molecular complexity index is 1640. The molecule has 0 aliphatic heterocycles. The molecule has 2 N–H and O–H groups in total. The van der Waals surface area contributed by atoms with Gasteiger partial charge in [0.2, 0.25) is 8.32 Å². The van der Waals surface area contributed by atoms with Crippen LogP contribution in [0.1, 0.15) is 63.0 Å². The van der Waals surface area contributed by atoms with Crippen LogP contribution in [0.25, 0.3) is 16.8 Å². The molecule has 4 aromatic carbocycles. The summed E-state index contributed by atoms with van der Waals surface area (Å²) in [7, 11) is -2.15. The van der Waals surface area contributed by atoms with E-state index in [0.29, 0.717) is 22.6 Å². The van der Waals surface area contributed by atoms with Crippen molar-refractivity contribution in [3.8, 4) is 5.75 Å². The van der Waals surface area contributed by atoms with E-state index >= 15 is 0 Å². The van der Waals surface area contributed by atoms with Crippen molar-refractivity contribution in [1.29, 1.82) is 0 Å². The van der Waals surface area contributed by atoms with Gasteiger partial charge in [-0.3, -0.25) is 9.59 Å². The number of nitrogens with one attached hydrogen (secondary N) is 2. The van der Waals surface area contributed by atoms with Crippen LogP contribution >= 0.6 is 0 Å². The van der Waals surface area contributed by atoms with Crippen molar-refractivity contribution in [3.63, 3.8) is 0 Å². The SMILES string of the molecule is CC(C)(C)c1ccc(NC(=O)C(=Cc2ccc(C(=O)NO[Si](C)(C)C(C)(C)C)cc2)COc2cccc3ccccc23)cc1. The highest BCUT2D eigenvalue weighted by atomic mass is 28.4. The number of fused-ring (bicyclic) bond motifs is 1. The summed E-state index contributed by atoms with van der Waals surface area (Å²) >= 11 is 0. The van der Waals surface area contributed by atoms with Crippen LogP contribution in [0.5, 0.6) is 5.75 Å². The zero-order valence-corrected chi connectivity index (χ0v) is 28.1. The number of hydrogen-bond donors (Lipinski definition) is 2. The molecule has 0 saturated carbocycles. The summed E-state index contributed by atoms with van der Waals surface area (Å²) in [4.78, 5) is 26.4. The molecule has 0 unspecified atom stereocenters. The van der Waals surface area contributed by atoms with E-state index in [1.807, 2.05) is 78.9 Å². The first kappa shape index (κ1) is 32.7. The molecule has 0 aromatic heterocycles. The van der Waals surface area contributed by atoms with Gasteiger partial charge in [0, 0.05) is 16.6 Å². The molecule has 0 aliphatic rings. The van der Waals surface area contributed by atoms with Crippen molar-refractivity contribution >= 4 is 42.7 Å². The van der Waals surface area contributed by atoms with Gasteiger partial charge in [0.1, 0.15) is 12.4 Å². The van der Waals surface area contributed by atoms with Gasteiger partial charge in [-0.25, -0.2) is 5.48 Å². The quantitative estimate of drug-likeness (QED) is 0.113. The van der Waals surface area contributed by atoms with Crippen molar-refractivity contribution in [2.45, 2.75) is 65.1 Å². The molecule has 4 aromatic rings. The minimum atomic E-state index is -2.15. The predicted octanol–water partition coefficient (Wildman–Crippen LogP) is 8.91. The van der Waals surface area contributed by atoms with Crippen LogP contribution in [0.15, 0.2) is 96.6 Å². The summed E-state index contributed by atoms with van der Waals surface area (Å²) in [5.74, 6) is 0.129. The number of amides is 2. The summed E-state index contributed by atoms with van der Waals surface area (Å²) in [6.45, 7) is 17.0. The third-order valence-corrected chi connectivity index (χ3v) is 12.4. The second-order valence-electron chi connectivity index (χ2n) is 13.6. The van der Waals surface area contributed by atoms with Gasteiger partial charge < -0.3 is 14.6 Å². The highest BCUT2D eigenvalue weighted by Crippen LogP contribution is 2.36. The topological polar surface area (TPSA) is 76.7 Å². The van der Waals surface area contributed by atoms with E-state index in [-0.39, 0.29) is 28.9 Å². The summed E-state index contributed by atoms with van der Waals surface area (Å²) in [6.07, 6.45) is 1.79. The maximum absolute atomic E-state index is 13.6. The Labute approximate surface area is 262 Å². The Morgan fingerprint density at radius 2 is 1.43 bits per heavy atom. The van der Waals surface area contributed by atoms with Gasteiger partial charge in [-0.2, -0.15) is 0 Å². The number of anilines is 1. The van der Waals surface area contributed by atoms with E-state index in [9.17, 15) is 9.59 Å². The van der Waals surface area contributed by atoms with E-state index in [0.717, 1.165) is 16.3 Å². The molecule has 0 spiro atoms. The Morgan fingerprint density at radius 3 is 2.07 bits per heavy atom. The van der Waals surface area contributed by atoms with Gasteiger partial charge in [0.25, 0.3) is 11.8 Å².